The number of halogens is 1. The van der Waals surface area contributed by atoms with Crippen LogP contribution in [-0.2, 0) is 26.0 Å². The monoisotopic (exact) mass is 351 g/mol. The summed E-state index contributed by atoms with van der Waals surface area (Å²) in [4.78, 5) is 0. The number of benzene rings is 1. The Balaban J connectivity index is 2.07. The van der Waals surface area contributed by atoms with Gasteiger partial charge in [0.1, 0.15) is 12.4 Å². The third kappa shape index (κ3) is 4.08. The number of nitrogens with two attached hydrogens (primary N) is 1. The van der Waals surface area contributed by atoms with Crippen LogP contribution in [0.2, 0.25) is 0 Å². The van der Waals surface area contributed by atoms with E-state index in [2.05, 4.69) is 53.1 Å². The summed E-state index contributed by atoms with van der Waals surface area (Å²) < 4.78 is 8.88. The van der Waals surface area contributed by atoms with Gasteiger partial charge in [-0.25, -0.2) is 0 Å². The Labute approximate surface area is 134 Å². The Morgan fingerprint density at radius 3 is 2.71 bits per heavy atom. The van der Waals surface area contributed by atoms with E-state index in [-0.39, 0.29) is 0 Å². The molecule has 0 spiro atoms. The first-order valence-electron chi connectivity index (χ1n) is 7.34. The van der Waals surface area contributed by atoms with Crippen molar-refractivity contribution in [3.63, 3.8) is 0 Å². The number of hydrogen-bond acceptors (Lipinski definition) is 3. The van der Waals surface area contributed by atoms with Gasteiger partial charge >= 0.3 is 0 Å². The van der Waals surface area contributed by atoms with E-state index in [0.717, 1.165) is 41.0 Å². The summed E-state index contributed by atoms with van der Waals surface area (Å²) in [6.45, 7) is 6.24. The van der Waals surface area contributed by atoms with Gasteiger partial charge in [0.25, 0.3) is 0 Å². The maximum atomic E-state index is 5.92. The molecule has 0 bridgehead atoms. The van der Waals surface area contributed by atoms with Crippen molar-refractivity contribution in [1.29, 1.82) is 0 Å². The van der Waals surface area contributed by atoms with Crippen molar-refractivity contribution in [2.75, 3.05) is 6.54 Å². The minimum absolute atomic E-state index is 0.523. The molecule has 114 valence electrons. The molecule has 1 heterocycles. The lowest BCUT2D eigenvalue weighted by molar-refractivity contribution is 0.290. The molecular weight excluding hydrogens is 330 g/mol. The Morgan fingerprint density at radius 2 is 2.10 bits per heavy atom. The average molecular weight is 352 g/mol. The van der Waals surface area contributed by atoms with Crippen molar-refractivity contribution in [3.8, 4) is 5.75 Å². The Kier molecular flexibility index (Phi) is 5.82. The number of rotatable bonds is 7. The fourth-order valence-corrected chi connectivity index (χ4v) is 2.75. The summed E-state index contributed by atoms with van der Waals surface area (Å²) in [7, 11) is 0. The lowest BCUT2D eigenvalue weighted by atomic mass is 10.1. The molecule has 0 aliphatic rings. The van der Waals surface area contributed by atoms with Gasteiger partial charge in [0.15, 0.2) is 0 Å². The van der Waals surface area contributed by atoms with Gasteiger partial charge in [0.05, 0.1) is 15.9 Å². The maximum Gasteiger partial charge on any atom is 0.134 e. The Hall–Kier alpha value is -1.33. The summed E-state index contributed by atoms with van der Waals surface area (Å²) in [6, 6.07) is 8.22. The second-order valence-electron chi connectivity index (χ2n) is 4.89. The first kappa shape index (κ1) is 16.0. The van der Waals surface area contributed by atoms with Crippen molar-refractivity contribution in [3.05, 3.63) is 45.7 Å². The van der Waals surface area contributed by atoms with Crippen LogP contribution in [0.25, 0.3) is 0 Å². The van der Waals surface area contributed by atoms with Crippen LogP contribution in [0, 0.1) is 0 Å². The van der Waals surface area contributed by atoms with E-state index in [4.69, 9.17) is 10.5 Å². The predicted molar refractivity (Wildman–Crippen MR) is 88.5 cm³/mol. The number of aryl methyl sites for hydroxylation is 2. The van der Waals surface area contributed by atoms with Crippen molar-refractivity contribution >= 4 is 15.9 Å². The molecule has 1 aromatic carbocycles. The lowest BCUT2D eigenvalue weighted by Crippen LogP contribution is -2.06. The van der Waals surface area contributed by atoms with Crippen molar-refractivity contribution in [1.82, 2.24) is 9.78 Å². The molecule has 0 saturated carbocycles. The van der Waals surface area contributed by atoms with E-state index in [1.165, 1.54) is 5.56 Å². The maximum absolute atomic E-state index is 5.92. The van der Waals surface area contributed by atoms with Crippen LogP contribution in [0.4, 0.5) is 0 Å². The minimum Gasteiger partial charge on any atom is -0.486 e. The van der Waals surface area contributed by atoms with Crippen LogP contribution < -0.4 is 10.5 Å². The molecule has 0 aliphatic carbocycles. The first-order chi connectivity index (χ1) is 10.2. The molecule has 0 atom stereocenters. The molecule has 0 aliphatic heterocycles. The molecule has 2 rings (SSSR count). The first-order valence-corrected chi connectivity index (χ1v) is 8.14. The highest BCUT2D eigenvalue weighted by Crippen LogP contribution is 2.27. The van der Waals surface area contributed by atoms with E-state index in [1.807, 2.05) is 10.7 Å². The van der Waals surface area contributed by atoms with Crippen LogP contribution in [0.1, 0.15) is 30.8 Å². The van der Waals surface area contributed by atoms with Gasteiger partial charge in [-0.3, -0.25) is 4.68 Å². The zero-order chi connectivity index (χ0) is 15.2. The smallest absolute Gasteiger partial charge is 0.134 e. The summed E-state index contributed by atoms with van der Waals surface area (Å²) in [5.74, 6) is 0.845. The van der Waals surface area contributed by atoms with Crippen molar-refractivity contribution < 1.29 is 4.74 Å². The second kappa shape index (κ2) is 7.61. The standard InChI is InChI=1S/C16H22BrN3O/c1-3-13-10-14(20(4-2)19-13)11-21-16-6-5-12(7-8-18)9-15(16)17/h5-6,9-10H,3-4,7-8,11,18H2,1-2H3. The second-order valence-corrected chi connectivity index (χ2v) is 5.74. The third-order valence-electron chi connectivity index (χ3n) is 3.38. The highest BCUT2D eigenvalue weighted by atomic mass is 79.9. The predicted octanol–water partition coefficient (Wildman–Crippen LogP) is 3.31. The van der Waals surface area contributed by atoms with E-state index in [1.54, 1.807) is 0 Å². The van der Waals surface area contributed by atoms with Crippen LogP contribution in [-0.4, -0.2) is 16.3 Å². The van der Waals surface area contributed by atoms with E-state index >= 15 is 0 Å². The molecule has 0 unspecified atom stereocenters. The largest absolute Gasteiger partial charge is 0.486 e. The van der Waals surface area contributed by atoms with Gasteiger partial charge in [0.2, 0.25) is 0 Å². The van der Waals surface area contributed by atoms with Gasteiger partial charge in [-0.05, 0) is 66.0 Å². The summed E-state index contributed by atoms with van der Waals surface area (Å²) in [5, 5.41) is 4.53. The van der Waals surface area contributed by atoms with Gasteiger partial charge < -0.3 is 10.5 Å². The fourth-order valence-electron chi connectivity index (χ4n) is 2.21. The molecule has 2 aromatic rings. The highest BCUT2D eigenvalue weighted by Gasteiger charge is 2.08. The number of hydrogen-bond donors (Lipinski definition) is 1. The summed E-state index contributed by atoms with van der Waals surface area (Å²) >= 11 is 3.56. The number of nitrogens with zero attached hydrogens (tertiary/aromatic N) is 2. The van der Waals surface area contributed by atoms with Gasteiger partial charge in [-0.15, -0.1) is 0 Å². The zero-order valence-corrected chi connectivity index (χ0v) is 14.2. The van der Waals surface area contributed by atoms with Crippen LogP contribution in [0.3, 0.4) is 0 Å². The summed E-state index contributed by atoms with van der Waals surface area (Å²) in [6.07, 6.45) is 1.82. The third-order valence-corrected chi connectivity index (χ3v) is 4.00. The molecular formula is C16H22BrN3O. The minimum atomic E-state index is 0.523. The molecule has 0 fully saturated rings. The molecule has 0 saturated heterocycles. The molecule has 2 N–H and O–H groups in total. The topological polar surface area (TPSA) is 53.1 Å². The van der Waals surface area contributed by atoms with Gasteiger partial charge in [-0.1, -0.05) is 13.0 Å². The molecule has 21 heavy (non-hydrogen) atoms. The van der Waals surface area contributed by atoms with Crippen LogP contribution in [0.5, 0.6) is 5.75 Å². The van der Waals surface area contributed by atoms with Gasteiger partial charge in [-0.2, -0.15) is 5.10 Å². The molecule has 0 amide bonds. The van der Waals surface area contributed by atoms with Crippen molar-refractivity contribution in [2.24, 2.45) is 5.73 Å². The van der Waals surface area contributed by atoms with E-state index < -0.39 is 0 Å². The zero-order valence-electron chi connectivity index (χ0n) is 12.6. The highest BCUT2D eigenvalue weighted by molar-refractivity contribution is 9.10. The summed E-state index contributed by atoms with van der Waals surface area (Å²) in [5.41, 5.74) is 8.99. The van der Waals surface area contributed by atoms with Gasteiger partial charge in [0, 0.05) is 6.54 Å². The molecule has 5 heteroatoms. The molecule has 0 radical (unpaired) electrons. The number of aromatic nitrogens is 2. The average Bonchev–Trinajstić information content (AvgIpc) is 2.89. The lowest BCUT2D eigenvalue weighted by Gasteiger charge is -2.10. The van der Waals surface area contributed by atoms with E-state index in [9.17, 15) is 0 Å². The Bertz CT molecular complexity index is 595. The van der Waals surface area contributed by atoms with Crippen molar-refractivity contribution in [2.45, 2.75) is 39.8 Å². The molecule has 1 aromatic heterocycles. The van der Waals surface area contributed by atoms with Crippen LogP contribution >= 0.6 is 15.9 Å². The SMILES string of the molecule is CCc1cc(COc2ccc(CCN)cc2Br)n(CC)n1. The fraction of sp³-hybridized carbons (Fsp3) is 0.438. The molecule has 4 nitrogen and oxygen atoms in total. The van der Waals surface area contributed by atoms with Crippen LogP contribution in [0.15, 0.2) is 28.7 Å². The Morgan fingerprint density at radius 1 is 1.29 bits per heavy atom. The normalized spacial score (nSPS) is 10.9. The number of ether oxygens (including phenoxy) is 1. The quantitative estimate of drug-likeness (QED) is 0.832. The van der Waals surface area contributed by atoms with E-state index in [0.29, 0.717) is 13.2 Å².